The Morgan fingerprint density at radius 2 is 2.24 bits per heavy atom. The molecule has 0 saturated carbocycles. The Bertz CT molecular complexity index is 676. The van der Waals surface area contributed by atoms with Crippen molar-refractivity contribution in [3.8, 4) is 11.8 Å². The highest BCUT2D eigenvalue weighted by Gasteiger charge is 2.35. The second kappa shape index (κ2) is 6.80. The average Bonchev–Trinajstić information content (AvgIpc) is 2.94. The maximum atomic E-state index is 12.7. The van der Waals surface area contributed by atoms with Crippen LogP contribution in [0.4, 0.5) is 0 Å². The summed E-state index contributed by atoms with van der Waals surface area (Å²) < 4.78 is 27.0. The van der Waals surface area contributed by atoms with Crippen molar-refractivity contribution in [3.05, 3.63) is 28.8 Å². The number of nitrogens with zero attached hydrogens (tertiary/aromatic N) is 1. The van der Waals surface area contributed by atoms with E-state index in [-0.39, 0.29) is 22.6 Å². The first kappa shape index (κ1) is 16.3. The third-order valence-electron chi connectivity index (χ3n) is 3.62. The molecule has 0 aromatic heterocycles. The van der Waals surface area contributed by atoms with E-state index >= 15 is 0 Å². The van der Waals surface area contributed by atoms with Gasteiger partial charge in [-0.2, -0.15) is 4.31 Å². The van der Waals surface area contributed by atoms with Gasteiger partial charge >= 0.3 is 0 Å². The fraction of sp³-hybridized carbons (Fsp3) is 0.467. The van der Waals surface area contributed by atoms with Crippen molar-refractivity contribution in [1.82, 2.24) is 4.31 Å². The lowest BCUT2D eigenvalue weighted by Gasteiger charge is -2.23. The van der Waals surface area contributed by atoms with Crippen molar-refractivity contribution in [2.45, 2.75) is 37.1 Å². The van der Waals surface area contributed by atoms with Crippen LogP contribution in [0.5, 0.6) is 0 Å². The molecule has 114 valence electrons. The number of aliphatic hydroxyl groups excluding tert-OH is 1. The van der Waals surface area contributed by atoms with E-state index in [4.69, 9.17) is 16.7 Å². The van der Waals surface area contributed by atoms with Crippen LogP contribution in [0.15, 0.2) is 23.1 Å². The number of hydrogen-bond donors (Lipinski definition) is 1. The first-order valence-electron chi connectivity index (χ1n) is 6.91. The van der Waals surface area contributed by atoms with E-state index in [1.807, 2.05) is 6.92 Å². The quantitative estimate of drug-likeness (QED) is 0.866. The van der Waals surface area contributed by atoms with Gasteiger partial charge in [-0.1, -0.05) is 30.4 Å². The molecule has 0 bridgehead atoms. The number of benzene rings is 1. The van der Waals surface area contributed by atoms with Crippen molar-refractivity contribution >= 4 is 21.6 Å². The zero-order valence-corrected chi connectivity index (χ0v) is 13.4. The summed E-state index contributed by atoms with van der Waals surface area (Å²) >= 11 is 6.13. The van der Waals surface area contributed by atoms with Gasteiger partial charge in [-0.15, -0.1) is 0 Å². The highest BCUT2D eigenvalue weighted by Crippen LogP contribution is 2.31. The molecule has 1 aliphatic rings. The second-order valence-electron chi connectivity index (χ2n) is 4.93. The summed E-state index contributed by atoms with van der Waals surface area (Å²) in [5.41, 5.74) is 0.585. The Kier molecular flexibility index (Phi) is 5.28. The molecular formula is C15H18ClNO3S. The SMILES string of the molecule is CCC1CCCN1S(=O)(=O)c1ccc(C#CCO)cc1Cl. The highest BCUT2D eigenvalue weighted by atomic mass is 35.5. The molecule has 1 atom stereocenters. The number of aliphatic hydroxyl groups is 1. The van der Waals surface area contributed by atoms with Crippen LogP contribution in [0.3, 0.4) is 0 Å². The van der Waals surface area contributed by atoms with Crippen molar-refractivity contribution < 1.29 is 13.5 Å². The summed E-state index contributed by atoms with van der Waals surface area (Å²) in [6.07, 6.45) is 2.58. The Labute approximate surface area is 130 Å². The molecule has 1 aromatic rings. The molecule has 1 saturated heterocycles. The van der Waals surface area contributed by atoms with Gasteiger partial charge in [0.2, 0.25) is 10.0 Å². The van der Waals surface area contributed by atoms with E-state index in [1.54, 1.807) is 10.4 Å². The topological polar surface area (TPSA) is 57.6 Å². The molecule has 1 unspecified atom stereocenters. The standard InChI is InChI=1S/C15H18ClNO3S/c1-2-13-6-3-9-17(13)21(19,20)15-8-7-12(5-4-10-18)11-14(15)16/h7-8,11,13,18H,2-3,6,9-10H2,1H3. The predicted octanol–water partition coefficient (Wildman–Crippen LogP) is 2.25. The van der Waals surface area contributed by atoms with E-state index in [1.165, 1.54) is 12.1 Å². The van der Waals surface area contributed by atoms with E-state index in [0.717, 1.165) is 19.3 Å². The van der Waals surface area contributed by atoms with Gasteiger partial charge < -0.3 is 5.11 Å². The van der Waals surface area contributed by atoms with Gasteiger partial charge in [-0.3, -0.25) is 0 Å². The summed E-state index contributed by atoms with van der Waals surface area (Å²) in [4.78, 5) is 0.124. The third kappa shape index (κ3) is 3.41. The monoisotopic (exact) mass is 327 g/mol. The first-order chi connectivity index (χ1) is 10.0. The summed E-state index contributed by atoms with van der Waals surface area (Å²) in [6, 6.07) is 4.68. The van der Waals surface area contributed by atoms with Crippen LogP contribution in [-0.2, 0) is 10.0 Å². The molecule has 4 nitrogen and oxygen atoms in total. The first-order valence-corrected chi connectivity index (χ1v) is 8.73. The maximum absolute atomic E-state index is 12.7. The Balaban J connectivity index is 2.37. The number of halogens is 1. The molecule has 1 aliphatic heterocycles. The van der Waals surface area contributed by atoms with E-state index < -0.39 is 10.0 Å². The van der Waals surface area contributed by atoms with Gasteiger partial charge in [0.15, 0.2) is 0 Å². The number of hydrogen-bond acceptors (Lipinski definition) is 3. The molecule has 1 N–H and O–H groups in total. The van der Waals surface area contributed by atoms with Gasteiger partial charge in [-0.05, 0) is 37.5 Å². The predicted molar refractivity (Wildman–Crippen MR) is 82.6 cm³/mol. The summed E-state index contributed by atoms with van der Waals surface area (Å²) in [5, 5.41) is 8.84. The summed E-state index contributed by atoms with van der Waals surface area (Å²) in [7, 11) is -3.56. The van der Waals surface area contributed by atoms with Crippen LogP contribution in [0.25, 0.3) is 0 Å². The summed E-state index contributed by atoms with van der Waals surface area (Å²) in [6.45, 7) is 2.29. The van der Waals surface area contributed by atoms with Crippen LogP contribution in [0, 0.1) is 11.8 Å². The van der Waals surface area contributed by atoms with Crippen LogP contribution in [-0.4, -0.2) is 37.0 Å². The zero-order valence-electron chi connectivity index (χ0n) is 11.8. The minimum absolute atomic E-state index is 0.0555. The fourth-order valence-electron chi connectivity index (χ4n) is 2.59. The van der Waals surface area contributed by atoms with E-state index in [9.17, 15) is 8.42 Å². The normalized spacial score (nSPS) is 19.3. The van der Waals surface area contributed by atoms with Crippen molar-refractivity contribution in [3.63, 3.8) is 0 Å². The zero-order chi connectivity index (χ0) is 15.5. The highest BCUT2D eigenvalue weighted by molar-refractivity contribution is 7.89. The van der Waals surface area contributed by atoms with Crippen LogP contribution in [0.2, 0.25) is 5.02 Å². The Hall–Kier alpha value is -1.06. The number of sulfonamides is 1. The van der Waals surface area contributed by atoms with Crippen LogP contribution >= 0.6 is 11.6 Å². The Morgan fingerprint density at radius 1 is 1.48 bits per heavy atom. The van der Waals surface area contributed by atoms with Crippen molar-refractivity contribution in [1.29, 1.82) is 0 Å². The molecule has 0 amide bonds. The molecular weight excluding hydrogens is 310 g/mol. The lowest BCUT2D eigenvalue weighted by molar-refractivity contribution is 0.350. The van der Waals surface area contributed by atoms with Gasteiger partial charge in [-0.25, -0.2) is 8.42 Å². The van der Waals surface area contributed by atoms with E-state index in [2.05, 4.69) is 11.8 Å². The molecule has 0 radical (unpaired) electrons. The minimum atomic E-state index is -3.56. The lowest BCUT2D eigenvalue weighted by Crippen LogP contribution is -2.35. The fourth-order valence-corrected chi connectivity index (χ4v) is 4.88. The van der Waals surface area contributed by atoms with E-state index in [0.29, 0.717) is 12.1 Å². The molecule has 0 aliphatic carbocycles. The molecule has 0 spiro atoms. The molecule has 1 fully saturated rings. The summed E-state index contributed by atoms with van der Waals surface area (Å²) in [5.74, 6) is 5.22. The molecule has 2 rings (SSSR count). The van der Waals surface area contributed by atoms with Gasteiger partial charge in [0, 0.05) is 18.2 Å². The molecule has 1 aromatic carbocycles. The third-order valence-corrected chi connectivity index (χ3v) is 6.06. The maximum Gasteiger partial charge on any atom is 0.244 e. The van der Waals surface area contributed by atoms with Crippen molar-refractivity contribution in [2.24, 2.45) is 0 Å². The molecule has 21 heavy (non-hydrogen) atoms. The molecule has 6 heteroatoms. The van der Waals surface area contributed by atoms with Gasteiger partial charge in [0.1, 0.15) is 11.5 Å². The molecule has 1 heterocycles. The van der Waals surface area contributed by atoms with Gasteiger partial charge in [0.25, 0.3) is 0 Å². The smallest absolute Gasteiger partial charge is 0.244 e. The second-order valence-corrected chi connectivity index (χ2v) is 7.19. The van der Waals surface area contributed by atoms with Crippen LogP contribution in [0.1, 0.15) is 31.7 Å². The van der Waals surface area contributed by atoms with Crippen LogP contribution < -0.4 is 0 Å². The lowest BCUT2D eigenvalue weighted by atomic mass is 10.2. The van der Waals surface area contributed by atoms with Crippen molar-refractivity contribution in [2.75, 3.05) is 13.2 Å². The Morgan fingerprint density at radius 3 is 2.86 bits per heavy atom. The number of rotatable bonds is 3. The average molecular weight is 328 g/mol. The minimum Gasteiger partial charge on any atom is -0.384 e. The largest absolute Gasteiger partial charge is 0.384 e. The van der Waals surface area contributed by atoms with Gasteiger partial charge in [0.05, 0.1) is 5.02 Å².